The van der Waals surface area contributed by atoms with Gasteiger partial charge in [0.15, 0.2) is 0 Å². The third-order valence-corrected chi connectivity index (χ3v) is 2.44. The van der Waals surface area contributed by atoms with Crippen LogP contribution in [0.1, 0.15) is 41.6 Å². The van der Waals surface area contributed by atoms with Crippen LogP contribution in [-0.4, -0.2) is 29.6 Å². The van der Waals surface area contributed by atoms with Crippen molar-refractivity contribution in [2.75, 3.05) is 13.6 Å². The summed E-state index contributed by atoms with van der Waals surface area (Å²) in [6.45, 7) is 6.44. The molecule has 0 aromatic carbocycles. The lowest BCUT2D eigenvalue weighted by Crippen LogP contribution is -2.28. The zero-order valence-electron chi connectivity index (χ0n) is 9.83. The lowest BCUT2D eigenvalue weighted by Gasteiger charge is -2.16. The largest absolute Gasteiger partial charge is 0.361 e. The molecule has 0 bridgehead atoms. The number of hydrogen-bond acceptors (Lipinski definition) is 3. The Labute approximate surface area is 90.2 Å². The highest BCUT2D eigenvalue weighted by Gasteiger charge is 2.20. The van der Waals surface area contributed by atoms with Crippen LogP contribution in [0.5, 0.6) is 0 Å². The SMILES string of the molecule is CCCCN(C)C(=O)c1c(C)noc1C. The van der Waals surface area contributed by atoms with Crippen LogP contribution < -0.4 is 0 Å². The molecule has 0 saturated carbocycles. The Morgan fingerprint density at radius 2 is 2.13 bits per heavy atom. The number of aryl methyl sites for hydroxylation is 2. The van der Waals surface area contributed by atoms with E-state index in [1.54, 1.807) is 18.7 Å². The van der Waals surface area contributed by atoms with Gasteiger partial charge in [-0.05, 0) is 20.3 Å². The van der Waals surface area contributed by atoms with Gasteiger partial charge in [0.25, 0.3) is 5.91 Å². The first-order valence-electron chi connectivity index (χ1n) is 5.26. The summed E-state index contributed by atoms with van der Waals surface area (Å²) in [5, 5.41) is 3.78. The predicted molar refractivity (Wildman–Crippen MR) is 57.8 cm³/mol. The maximum absolute atomic E-state index is 12.0. The predicted octanol–water partition coefficient (Wildman–Crippen LogP) is 2.16. The molecule has 4 nitrogen and oxygen atoms in total. The minimum atomic E-state index is -0.000278. The van der Waals surface area contributed by atoms with Crippen molar-refractivity contribution >= 4 is 5.91 Å². The van der Waals surface area contributed by atoms with Gasteiger partial charge in [-0.15, -0.1) is 0 Å². The molecule has 0 fully saturated rings. The molecule has 0 spiro atoms. The summed E-state index contributed by atoms with van der Waals surface area (Å²) in [5.41, 5.74) is 1.27. The summed E-state index contributed by atoms with van der Waals surface area (Å²) in [4.78, 5) is 13.7. The molecule has 0 N–H and O–H groups in total. The van der Waals surface area contributed by atoms with Gasteiger partial charge in [0.05, 0.1) is 5.69 Å². The van der Waals surface area contributed by atoms with Crippen LogP contribution in [0.15, 0.2) is 4.52 Å². The average molecular weight is 210 g/mol. The minimum absolute atomic E-state index is 0.000278. The van der Waals surface area contributed by atoms with Crippen LogP contribution in [0, 0.1) is 13.8 Å². The van der Waals surface area contributed by atoms with Gasteiger partial charge < -0.3 is 9.42 Å². The summed E-state index contributed by atoms with van der Waals surface area (Å²) >= 11 is 0. The molecule has 1 amide bonds. The Kier molecular flexibility index (Phi) is 3.88. The van der Waals surface area contributed by atoms with E-state index in [1.807, 2.05) is 7.05 Å². The summed E-state index contributed by atoms with van der Waals surface area (Å²) in [7, 11) is 1.81. The summed E-state index contributed by atoms with van der Waals surface area (Å²) < 4.78 is 4.97. The Morgan fingerprint density at radius 3 is 2.60 bits per heavy atom. The number of hydrogen-bond donors (Lipinski definition) is 0. The van der Waals surface area contributed by atoms with E-state index in [9.17, 15) is 4.79 Å². The zero-order chi connectivity index (χ0) is 11.4. The number of nitrogens with zero attached hydrogens (tertiary/aromatic N) is 2. The highest BCUT2D eigenvalue weighted by Crippen LogP contribution is 2.14. The Morgan fingerprint density at radius 1 is 1.47 bits per heavy atom. The van der Waals surface area contributed by atoms with Gasteiger partial charge in [-0.2, -0.15) is 0 Å². The fourth-order valence-electron chi connectivity index (χ4n) is 1.48. The van der Waals surface area contributed by atoms with Gasteiger partial charge in [0.1, 0.15) is 11.3 Å². The van der Waals surface area contributed by atoms with Gasteiger partial charge in [0.2, 0.25) is 0 Å². The van der Waals surface area contributed by atoms with Crippen molar-refractivity contribution in [3.8, 4) is 0 Å². The Bertz CT molecular complexity index is 325. The lowest BCUT2D eigenvalue weighted by molar-refractivity contribution is 0.0791. The van der Waals surface area contributed by atoms with Crippen molar-refractivity contribution in [3.05, 3.63) is 17.0 Å². The molecule has 0 saturated heterocycles. The van der Waals surface area contributed by atoms with Crippen LogP contribution in [0.2, 0.25) is 0 Å². The summed E-state index contributed by atoms with van der Waals surface area (Å²) in [6.07, 6.45) is 2.10. The molecule has 4 heteroatoms. The minimum Gasteiger partial charge on any atom is -0.361 e. The number of unbranched alkanes of at least 4 members (excludes halogenated alkanes) is 1. The third-order valence-electron chi connectivity index (χ3n) is 2.44. The Hall–Kier alpha value is -1.32. The van der Waals surface area contributed by atoms with Crippen LogP contribution in [0.3, 0.4) is 0 Å². The Balaban J connectivity index is 2.76. The third kappa shape index (κ3) is 2.58. The first kappa shape index (κ1) is 11.8. The number of carbonyl (C=O) groups excluding carboxylic acids is 1. The lowest BCUT2D eigenvalue weighted by atomic mass is 10.2. The van der Waals surface area contributed by atoms with Gasteiger partial charge >= 0.3 is 0 Å². The van der Waals surface area contributed by atoms with Crippen LogP contribution >= 0.6 is 0 Å². The van der Waals surface area contributed by atoms with Crippen molar-refractivity contribution in [1.82, 2.24) is 10.1 Å². The maximum Gasteiger partial charge on any atom is 0.259 e. The molecular formula is C11H18N2O2. The topological polar surface area (TPSA) is 46.3 Å². The highest BCUT2D eigenvalue weighted by atomic mass is 16.5. The van der Waals surface area contributed by atoms with Crippen molar-refractivity contribution < 1.29 is 9.32 Å². The maximum atomic E-state index is 12.0. The normalized spacial score (nSPS) is 10.4. The molecule has 0 aliphatic carbocycles. The number of carbonyl (C=O) groups is 1. The molecule has 0 aliphatic heterocycles. The van der Waals surface area contributed by atoms with Crippen LogP contribution in [0.4, 0.5) is 0 Å². The van der Waals surface area contributed by atoms with Crippen LogP contribution in [-0.2, 0) is 0 Å². The zero-order valence-corrected chi connectivity index (χ0v) is 9.83. The second-order valence-electron chi connectivity index (χ2n) is 3.78. The second-order valence-corrected chi connectivity index (χ2v) is 3.78. The van der Waals surface area contributed by atoms with Gasteiger partial charge in [-0.3, -0.25) is 4.79 Å². The first-order valence-corrected chi connectivity index (χ1v) is 5.26. The molecule has 1 aromatic rings. The molecule has 0 aliphatic rings. The van der Waals surface area contributed by atoms with E-state index in [1.165, 1.54) is 0 Å². The first-order chi connectivity index (χ1) is 7.07. The monoisotopic (exact) mass is 210 g/mol. The quantitative estimate of drug-likeness (QED) is 0.765. The summed E-state index contributed by atoms with van der Waals surface area (Å²) in [5.74, 6) is 0.598. The molecule has 0 radical (unpaired) electrons. The molecule has 1 aromatic heterocycles. The van der Waals surface area contributed by atoms with Crippen molar-refractivity contribution in [2.45, 2.75) is 33.6 Å². The van der Waals surface area contributed by atoms with E-state index in [0.29, 0.717) is 17.0 Å². The van der Waals surface area contributed by atoms with Crippen molar-refractivity contribution in [1.29, 1.82) is 0 Å². The number of amides is 1. The fourth-order valence-corrected chi connectivity index (χ4v) is 1.48. The highest BCUT2D eigenvalue weighted by molar-refractivity contribution is 5.95. The molecule has 1 heterocycles. The summed E-state index contributed by atoms with van der Waals surface area (Å²) in [6, 6.07) is 0. The standard InChI is InChI=1S/C11H18N2O2/c1-5-6-7-13(4)11(14)10-8(2)12-15-9(10)3/h5-7H2,1-4H3. The molecule has 15 heavy (non-hydrogen) atoms. The van der Waals surface area contributed by atoms with E-state index in [0.717, 1.165) is 19.4 Å². The molecule has 1 rings (SSSR count). The van der Waals surface area contributed by atoms with Gasteiger partial charge in [-0.25, -0.2) is 0 Å². The van der Waals surface area contributed by atoms with E-state index in [-0.39, 0.29) is 5.91 Å². The average Bonchev–Trinajstić information content (AvgIpc) is 2.54. The smallest absolute Gasteiger partial charge is 0.259 e. The number of rotatable bonds is 4. The molecular weight excluding hydrogens is 192 g/mol. The molecule has 0 unspecified atom stereocenters. The van der Waals surface area contributed by atoms with E-state index < -0.39 is 0 Å². The fraction of sp³-hybridized carbons (Fsp3) is 0.636. The van der Waals surface area contributed by atoms with Crippen LogP contribution in [0.25, 0.3) is 0 Å². The van der Waals surface area contributed by atoms with E-state index in [4.69, 9.17) is 4.52 Å². The van der Waals surface area contributed by atoms with E-state index >= 15 is 0 Å². The van der Waals surface area contributed by atoms with Gasteiger partial charge in [0, 0.05) is 13.6 Å². The van der Waals surface area contributed by atoms with Crippen molar-refractivity contribution in [3.63, 3.8) is 0 Å². The van der Waals surface area contributed by atoms with E-state index in [2.05, 4.69) is 12.1 Å². The number of aromatic nitrogens is 1. The molecule has 0 atom stereocenters. The van der Waals surface area contributed by atoms with Gasteiger partial charge in [-0.1, -0.05) is 18.5 Å². The molecule has 84 valence electrons. The second kappa shape index (κ2) is 4.96. The van der Waals surface area contributed by atoms with Crippen molar-refractivity contribution in [2.24, 2.45) is 0 Å².